The van der Waals surface area contributed by atoms with Crippen molar-refractivity contribution in [3.8, 4) is 11.9 Å². The number of halogens is 3. The maximum Gasteiger partial charge on any atom is 0.418 e. The molecule has 0 spiro atoms. The van der Waals surface area contributed by atoms with Gasteiger partial charge in [0.15, 0.2) is 0 Å². The van der Waals surface area contributed by atoms with Crippen molar-refractivity contribution in [2.45, 2.75) is 12.7 Å². The number of rotatable bonds is 4. The smallest absolute Gasteiger partial charge is 0.380 e. The van der Waals surface area contributed by atoms with Gasteiger partial charge in [-0.05, 0) is 29.8 Å². The van der Waals surface area contributed by atoms with E-state index in [1.807, 2.05) is 0 Å². The van der Waals surface area contributed by atoms with Gasteiger partial charge in [0, 0.05) is 30.8 Å². The first-order valence-corrected chi connectivity index (χ1v) is 7.26. The topological polar surface area (TPSA) is 66.5 Å². The van der Waals surface area contributed by atoms with Gasteiger partial charge in [-0.2, -0.15) is 18.4 Å². The molecule has 0 aliphatic heterocycles. The van der Waals surface area contributed by atoms with Crippen LogP contribution in [0.2, 0.25) is 0 Å². The highest BCUT2D eigenvalue weighted by Gasteiger charge is 2.33. The number of hydrogen-bond acceptors (Lipinski definition) is 4. The van der Waals surface area contributed by atoms with Crippen molar-refractivity contribution in [3.05, 3.63) is 71.9 Å². The van der Waals surface area contributed by atoms with Crippen molar-refractivity contribution >= 4 is 5.69 Å². The summed E-state index contributed by atoms with van der Waals surface area (Å²) in [5, 5.41) is 11.5. The molecule has 0 aliphatic rings. The normalized spacial score (nSPS) is 11.1. The molecule has 0 fully saturated rings. The van der Waals surface area contributed by atoms with Crippen molar-refractivity contribution in [1.82, 2.24) is 14.5 Å². The van der Waals surface area contributed by atoms with E-state index in [9.17, 15) is 13.2 Å². The van der Waals surface area contributed by atoms with Crippen molar-refractivity contribution in [3.63, 3.8) is 0 Å². The molecule has 3 aromatic rings. The van der Waals surface area contributed by atoms with Crippen LogP contribution in [0.5, 0.6) is 0 Å². The van der Waals surface area contributed by atoms with Crippen LogP contribution < -0.4 is 5.32 Å². The van der Waals surface area contributed by atoms with Crippen LogP contribution in [0.3, 0.4) is 0 Å². The van der Waals surface area contributed by atoms with Gasteiger partial charge in [0.25, 0.3) is 0 Å². The molecule has 1 aromatic carbocycles. The average molecular weight is 343 g/mol. The number of imidazole rings is 1. The summed E-state index contributed by atoms with van der Waals surface area (Å²) in [4.78, 5) is 8.17. The van der Waals surface area contributed by atoms with Gasteiger partial charge < -0.3 is 5.32 Å². The summed E-state index contributed by atoms with van der Waals surface area (Å²) in [6.07, 6.45) is 2.01. The molecule has 2 aromatic heterocycles. The lowest BCUT2D eigenvalue weighted by Gasteiger charge is -2.15. The van der Waals surface area contributed by atoms with Crippen molar-refractivity contribution in [1.29, 1.82) is 5.26 Å². The summed E-state index contributed by atoms with van der Waals surface area (Å²) >= 11 is 0. The molecule has 8 heteroatoms. The van der Waals surface area contributed by atoms with E-state index in [2.05, 4.69) is 15.3 Å². The summed E-state index contributed by atoms with van der Waals surface area (Å²) in [5.74, 6) is 0.663. The molecule has 0 saturated heterocycles. The third-order valence-electron chi connectivity index (χ3n) is 3.52. The zero-order valence-electron chi connectivity index (χ0n) is 12.8. The summed E-state index contributed by atoms with van der Waals surface area (Å²) in [6, 6.07) is 8.68. The van der Waals surface area contributed by atoms with E-state index in [0.29, 0.717) is 5.82 Å². The fourth-order valence-electron chi connectivity index (χ4n) is 2.27. The molecule has 2 heterocycles. The number of nitrogens with one attached hydrogen (secondary N) is 1. The Morgan fingerprint density at radius 2 is 2.04 bits per heavy atom. The highest BCUT2D eigenvalue weighted by Crippen LogP contribution is 2.35. The predicted octanol–water partition coefficient (Wildman–Crippen LogP) is 3.77. The lowest BCUT2D eigenvalue weighted by atomic mass is 10.1. The molecule has 0 bridgehead atoms. The standard InChI is InChI=1S/C17H12F3N5/c18-17(19,20)14-7-12(8-21)1-3-15(14)23-9-13-2-4-16(24-10-13)25-6-5-22-11-25/h1-7,10-11,23H,9H2. The zero-order chi connectivity index (χ0) is 17.9. The molecule has 25 heavy (non-hydrogen) atoms. The Balaban J connectivity index is 1.76. The van der Waals surface area contributed by atoms with Gasteiger partial charge in [-0.1, -0.05) is 6.07 Å². The third kappa shape index (κ3) is 3.77. The molecule has 3 rings (SSSR count). The van der Waals surface area contributed by atoms with E-state index in [0.717, 1.165) is 11.6 Å². The molecule has 0 saturated carbocycles. The monoisotopic (exact) mass is 343 g/mol. The van der Waals surface area contributed by atoms with Gasteiger partial charge in [-0.3, -0.25) is 4.57 Å². The Bertz CT molecular complexity index is 894. The summed E-state index contributed by atoms with van der Waals surface area (Å²) in [6.45, 7) is 0.173. The number of nitriles is 1. The Hall–Kier alpha value is -3.34. The van der Waals surface area contributed by atoms with Gasteiger partial charge in [0.2, 0.25) is 0 Å². The van der Waals surface area contributed by atoms with Crippen molar-refractivity contribution in [2.75, 3.05) is 5.32 Å². The predicted molar refractivity (Wildman–Crippen MR) is 84.8 cm³/mol. The van der Waals surface area contributed by atoms with Crippen LogP contribution in [0.15, 0.2) is 55.2 Å². The fourth-order valence-corrected chi connectivity index (χ4v) is 2.27. The first-order valence-electron chi connectivity index (χ1n) is 7.26. The van der Waals surface area contributed by atoms with E-state index in [4.69, 9.17) is 5.26 Å². The molecular formula is C17H12F3N5. The summed E-state index contributed by atoms with van der Waals surface area (Å²) < 4.78 is 41.1. The summed E-state index contributed by atoms with van der Waals surface area (Å²) in [7, 11) is 0. The van der Waals surface area contributed by atoms with Gasteiger partial charge >= 0.3 is 6.18 Å². The highest BCUT2D eigenvalue weighted by atomic mass is 19.4. The van der Waals surface area contributed by atoms with E-state index < -0.39 is 11.7 Å². The minimum absolute atomic E-state index is 0.0378. The molecule has 0 radical (unpaired) electrons. The summed E-state index contributed by atoms with van der Waals surface area (Å²) in [5.41, 5.74) is -0.259. The molecule has 126 valence electrons. The molecule has 5 nitrogen and oxygen atoms in total. The Labute approximate surface area is 141 Å². The van der Waals surface area contributed by atoms with E-state index in [1.165, 1.54) is 12.1 Å². The molecule has 0 amide bonds. The van der Waals surface area contributed by atoms with Crippen LogP contribution in [0, 0.1) is 11.3 Å². The van der Waals surface area contributed by atoms with Crippen LogP contribution in [0.25, 0.3) is 5.82 Å². The van der Waals surface area contributed by atoms with Gasteiger partial charge in [0.1, 0.15) is 12.1 Å². The highest BCUT2D eigenvalue weighted by molar-refractivity contribution is 5.56. The number of aromatic nitrogens is 3. The third-order valence-corrected chi connectivity index (χ3v) is 3.52. The largest absolute Gasteiger partial charge is 0.418 e. The van der Waals surface area contributed by atoms with E-state index >= 15 is 0 Å². The Morgan fingerprint density at radius 1 is 1.20 bits per heavy atom. The quantitative estimate of drug-likeness (QED) is 0.783. The van der Waals surface area contributed by atoms with Crippen LogP contribution >= 0.6 is 0 Å². The van der Waals surface area contributed by atoms with Crippen molar-refractivity contribution < 1.29 is 13.2 Å². The van der Waals surface area contributed by atoms with Crippen LogP contribution in [-0.4, -0.2) is 14.5 Å². The Morgan fingerprint density at radius 3 is 2.64 bits per heavy atom. The number of hydrogen-bond donors (Lipinski definition) is 1. The first kappa shape index (κ1) is 16.5. The first-order chi connectivity index (χ1) is 12.0. The maximum absolute atomic E-state index is 13.1. The number of alkyl halides is 3. The Kier molecular flexibility index (Phi) is 4.39. The number of pyridine rings is 1. The van der Waals surface area contributed by atoms with Crippen LogP contribution in [0.4, 0.5) is 18.9 Å². The van der Waals surface area contributed by atoms with Crippen LogP contribution in [-0.2, 0) is 12.7 Å². The fraction of sp³-hybridized carbons (Fsp3) is 0.118. The van der Waals surface area contributed by atoms with Gasteiger partial charge in [-0.15, -0.1) is 0 Å². The molecule has 1 N–H and O–H groups in total. The minimum atomic E-state index is -4.54. The molecule has 0 atom stereocenters. The van der Waals surface area contributed by atoms with Crippen molar-refractivity contribution in [2.24, 2.45) is 0 Å². The van der Waals surface area contributed by atoms with Crippen LogP contribution in [0.1, 0.15) is 16.7 Å². The molecular weight excluding hydrogens is 331 g/mol. The van der Waals surface area contributed by atoms with E-state index in [1.54, 1.807) is 47.7 Å². The van der Waals surface area contributed by atoms with Gasteiger partial charge in [0.05, 0.1) is 17.2 Å². The zero-order valence-corrected chi connectivity index (χ0v) is 12.8. The second-order valence-electron chi connectivity index (χ2n) is 5.22. The lowest BCUT2D eigenvalue weighted by molar-refractivity contribution is -0.137. The van der Waals surface area contributed by atoms with E-state index in [-0.39, 0.29) is 17.8 Å². The number of benzene rings is 1. The second kappa shape index (κ2) is 6.65. The van der Waals surface area contributed by atoms with Gasteiger partial charge in [-0.25, -0.2) is 9.97 Å². The minimum Gasteiger partial charge on any atom is -0.380 e. The maximum atomic E-state index is 13.1. The average Bonchev–Trinajstić information content (AvgIpc) is 3.14. The number of nitrogens with zero attached hydrogens (tertiary/aromatic N) is 4. The number of anilines is 1. The molecule has 0 aliphatic carbocycles. The SMILES string of the molecule is N#Cc1ccc(NCc2ccc(-n3ccnc3)nc2)c(C(F)(F)F)c1. The second-order valence-corrected chi connectivity index (χ2v) is 5.22. The lowest BCUT2D eigenvalue weighted by Crippen LogP contribution is -2.11. The molecule has 0 unspecified atom stereocenters.